The first-order chi connectivity index (χ1) is 8.38. The topological polar surface area (TPSA) is 58.4 Å². The first-order valence-electron chi connectivity index (χ1n) is 6.36. The highest BCUT2D eigenvalue weighted by atomic mass is 16.3. The van der Waals surface area contributed by atoms with Gasteiger partial charge in [0.1, 0.15) is 0 Å². The molecule has 1 aliphatic heterocycles. The van der Waals surface area contributed by atoms with Crippen LogP contribution in [0.1, 0.15) is 25.8 Å². The molecule has 0 unspecified atom stereocenters. The van der Waals surface area contributed by atoms with Crippen molar-refractivity contribution < 1.29 is 9.90 Å². The van der Waals surface area contributed by atoms with E-state index in [2.05, 4.69) is 5.10 Å². The molecule has 5 heteroatoms. The van der Waals surface area contributed by atoms with Crippen LogP contribution in [0.5, 0.6) is 0 Å². The molecule has 5 nitrogen and oxygen atoms in total. The third-order valence-corrected chi connectivity index (χ3v) is 3.81. The van der Waals surface area contributed by atoms with Crippen molar-refractivity contribution in [3.8, 4) is 0 Å². The molecule has 1 saturated heterocycles. The maximum absolute atomic E-state index is 12.0. The van der Waals surface area contributed by atoms with Gasteiger partial charge >= 0.3 is 0 Å². The van der Waals surface area contributed by atoms with E-state index in [1.54, 1.807) is 22.7 Å². The van der Waals surface area contributed by atoms with Gasteiger partial charge in [0.2, 0.25) is 5.91 Å². The zero-order valence-corrected chi connectivity index (χ0v) is 11.3. The van der Waals surface area contributed by atoms with Crippen LogP contribution >= 0.6 is 0 Å². The third kappa shape index (κ3) is 2.72. The van der Waals surface area contributed by atoms with Crippen molar-refractivity contribution in [2.75, 3.05) is 13.1 Å². The van der Waals surface area contributed by atoms with E-state index in [0.717, 1.165) is 5.56 Å². The predicted molar refractivity (Wildman–Crippen MR) is 67.9 cm³/mol. The number of aromatic nitrogens is 2. The van der Waals surface area contributed by atoms with E-state index in [9.17, 15) is 9.90 Å². The Hall–Kier alpha value is -1.36. The summed E-state index contributed by atoms with van der Waals surface area (Å²) in [6, 6.07) is 0. The number of aryl methyl sites for hydroxylation is 2. The van der Waals surface area contributed by atoms with E-state index in [4.69, 9.17) is 0 Å². The van der Waals surface area contributed by atoms with Crippen molar-refractivity contribution in [3.05, 3.63) is 18.0 Å². The Balaban J connectivity index is 1.86. The number of likely N-dealkylation sites (tertiary alicyclic amines) is 1. The van der Waals surface area contributed by atoms with Gasteiger partial charge in [0.15, 0.2) is 0 Å². The van der Waals surface area contributed by atoms with Gasteiger partial charge < -0.3 is 10.0 Å². The number of carbonyl (C=O) groups excluding carboxylic acids is 1. The minimum atomic E-state index is -0.746. The van der Waals surface area contributed by atoms with Crippen LogP contribution in [-0.4, -0.2) is 44.4 Å². The van der Waals surface area contributed by atoms with E-state index < -0.39 is 5.60 Å². The van der Waals surface area contributed by atoms with Gasteiger partial charge in [-0.1, -0.05) is 6.92 Å². The summed E-state index contributed by atoms with van der Waals surface area (Å²) >= 11 is 0. The molecule has 0 bridgehead atoms. The highest BCUT2D eigenvalue weighted by molar-refractivity contribution is 5.77. The number of carbonyl (C=O) groups is 1. The summed E-state index contributed by atoms with van der Waals surface area (Å²) in [6.45, 7) is 4.87. The number of β-amino-alcohol motifs (C(OH)–C–C–N with tert-alkyl or cyclic N) is 1. The Labute approximate surface area is 107 Å². The monoisotopic (exact) mass is 251 g/mol. The highest BCUT2D eigenvalue weighted by Gasteiger charge is 2.40. The average molecular weight is 251 g/mol. The maximum atomic E-state index is 12.0. The molecule has 0 saturated carbocycles. The van der Waals surface area contributed by atoms with E-state index in [-0.39, 0.29) is 11.8 Å². The lowest BCUT2D eigenvalue weighted by Gasteiger charge is -2.20. The molecule has 1 N–H and O–H groups in total. The molecule has 1 fully saturated rings. The van der Waals surface area contributed by atoms with Gasteiger partial charge in [0.05, 0.1) is 11.8 Å². The van der Waals surface area contributed by atoms with E-state index in [1.807, 2.05) is 20.2 Å². The second-order valence-corrected chi connectivity index (χ2v) is 5.55. The van der Waals surface area contributed by atoms with Crippen LogP contribution in [0.4, 0.5) is 0 Å². The Morgan fingerprint density at radius 2 is 2.39 bits per heavy atom. The van der Waals surface area contributed by atoms with Crippen LogP contribution in [0.15, 0.2) is 12.4 Å². The zero-order chi connectivity index (χ0) is 13.3. The second kappa shape index (κ2) is 4.72. The fraction of sp³-hybridized carbons (Fsp3) is 0.692. The van der Waals surface area contributed by atoms with Crippen molar-refractivity contribution in [3.63, 3.8) is 0 Å². The van der Waals surface area contributed by atoms with Crippen molar-refractivity contribution in [2.45, 2.75) is 32.3 Å². The van der Waals surface area contributed by atoms with Crippen LogP contribution in [0, 0.1) is 5.92 Å². The minimum Gasteiger partial charge on any atom is -0.388 e. The lowest BCUT2D eigenvalue weighted by atomic mass is 9.95. The number of hydrogen-bond donors (Lipinski definition) is 1. The van der Waals surface area contributed by atoms with E-state index in [1.165, 1.54) is 0 Å². The Morgan fingerprint density at radius 1 is 1.67 bits per heavy atom. The molecule has 1 aliphatic rings. The Kier molecular flexibility index (Phi) is 3.43. The molecule has 100 valence electrons. The van der Waals surface area contributed by atoms with Crippen molar-refractivity contribution >= 4 is 5.91 Å². The molecule has 2 atom stereocenters. The molecule has 1 amide bonds. The number of rotatable bonds is 3. The number of hydrogen-bond acceptors (Lipinski definition) is 3. The molecule has 0 aromatic carbocycles. The number of nitrogens with zero attached hydrogens (tertiary/aromatic N) is 3. The zero-order valence-electron chi connectivity index (χ0n) is 11.3. The lowest BCUT2D eigenvalue weighted by molar-refractivity contribution is -0.131. The fourth-order valence-electron chi connectivity index (χ4n) is 2.33. The third-order valence-electron chi connectivity index (χ3n) is 3.81. The van der Waals surface area contributed by atoms with Crippen LogP contribution in [0.25, 0.3) is 0 Å². The molecule has 0 spiro atoms. The lowest BCUT2D eigenvalue weighted by Crippen LogP contribution is -2.35. The molecule has 0 aliphatic carbocycles. The summed E-state index contributed by atoms with van der Waals surface area (Å²) in [5.74, 6) is 0.253. The molecule has 0 radical (unpaired) electrons. The smallest absolute Gasteiger partial charge is 0.223 e. The first kappa shape index (κ1) is 13.1. The van der Waals surface area contributed by atoms with Crippen LogP contribution in [0.3, 0.4) is 0 Å². The summed E-state index contributed by atoms with van der Waals surface area (Å²) in [6.07, 6.45) is 4.90. The van der Waals surface area contributed by atoms with Gasteiger partial charge in [0, 0.05) is 38.7 Å². The van der Waals surface area contributed by atoms with Gasteiger partial charge in [0.25, 0.3) is 0 Å². The Bertz CT molecular complexity index is 439. The van der Waals surface area contributed by atoms with Gasteiger partial charge in [-0.05, 0) is 18.9 Å². The average Bonchev–Trinajstić information content (AvgIpc) is 2.81. The highest BCUT2D eigenvalue weighted by Crippen LogP contribution is 2.27. The van der Waals surface area contributed by atoms with E-state index >= 15 is 0 Å². The summed E-state index contributed by atoms with van der Waals surface area (Å²) in [4.78, 5) is 13.8. The second-order valence-electron chi connectivity index (χ2n) is 5.55. The molecule has 1 aromatic rings. The molecule has 18 heavy (non-hydrogen) atoms. The molecular weight excluding hydrogens is 230 g/mol. The standard InChI is InChI=1S/C13H21N3O2/c1-10-7-16(9-13(10,2)18)12(17)5-4-11-6-14-15(3)8-11/h6,8,10,18H,4-5,7,9H2,1-3H3/t10-,13+/m1/s1. The van der Waals surface area contributed by atoms with Gasteiger partial charge in [-0.15, -0.1) is 0 Å². The summed E-state index contributed by atoms with van der Waals surface area (Å²) in [7, 11) is 1.87. The van der Waals surface area contributed by atoms with Gasteiger partial charge in [-0.3, -0.25) is 9.48 Å². The number of aliphatic hydroxyl groups is 1. The van der Waals surface area contributed by atoms with Crippen LogP contribution in [-0.2, 0) is 18.3 Å². The predicted octanol–water partition coefficient (Wildman–Crippen LogP) is 0.582. The molecule has 1 aromatic heterocycles. The largest absolute Gasteiger partial charge is 0.388 e. The van der Waals surface area contributed by atoms with Crippen molar-refractivity contribution in [1.82, 2.24) is 14.7 Å². The fourth-order valence-corrected chi connectivity index (χ4v) is 2.33. The summed E-state index contributed by atoms with van der Waals surface area (Å²) in [5.41, 5.74) is 0.328. The van der Waals surface area contributed by atoms with Crippen molar-refractivity contribution in [1.29, 1.82) is 0 Å². The Morgan fingerprint density at radius 3 is 2.89 bits per heavy atom. The van der Waals surface area contributed by atoms with E-state index in [0.29, 0.717) is 25.9 Å². The number of amides is 1. The molecule has 2 rings (SSSR count). The van der Waals surface area contributed by atoms with Crippen LogP contribution in [0.2, 0.25) is 0 Å². The maximum Gasteiger partial charge on any atom is 0.223 e. The van der Waals surface area contributed by atoms with Crippen molar-refractivity contribution in [2.24, 2.45) is 13.0 Å². The molecular formula is C13H21N3O2. The quantitative estimate of drug-likeness (QED) is 0.855. The first-order valence-corrected chi connectivity index (χ1v) is 6.36. The summed E-state index contributed by atoms with van der Waals surface area (Å²) < 4.78 is 1.74. The normalized spacial score (nSPS) is 27.8. The minimum absolute atomic E-state index is 0.114. The van der Waals surface area contributed by atoms with Gasteiger partial charge in [-0.2, -0.15) is 5.10 Å². The summed E-state index contributed by atoms with van der Waals surface area (Å²) in [5, 5.41) is 14.1. The van der Waals surface area contributed by atoms with Gasteiger partial charge in [-0.25, -0.2) is 0 Å². The van der Waals surface area contributed by atoms with Crippen LogP contribution < -0.4 is 0 Å². The molecule has 2 heterocycles. The SMILES string of the molecule is C[C@@H]1CN(C(=O)CCc2cnn(C)c2)C[C@]1(C)O.